The van der Waals surface area contributed by atoms with E-state index in [4.69, 9.17) is 11.6 Å². The molecule has 0 saturated carbocycles. The van der Waals surface area contributed by atoms with Crippen LogP contribution in [0.3, 0.4) is 0 Å². The second kappa shape index (κ2) is 4.67. The Morgan fingerprint density at radius 3 is 3.00 bits per heavy atom. The summed E-state index contributed by atoms with van der Waals surface area (Å²) in [5.41, 5.74) is 0. The molecule has 0 aliphatic carbocycles. The van der Waals surface area contributed by atoms with Gasteiger partial charge in [0.2, 0.25) is 0 Å². The van der Waals surface area contributed by atoms with E-state index >= 15 is 0 Å². The number of aromatic nitrogens is 1. The number of ether oxygens (including phenoxy) is 1. The standard InChI is InChI=1S/C8H9ClN2O2/c1-13-8(12)5-11-7-3-2-6(9)4-10-7/h2-4H,5H2,1H3,(H,10,11). The molecular weight excluding hydrogens is 192 g/mol. The fourth-order valence-electron chi connectivity index (χ4n) is 0.715. The van der Waals surface area contributed by atoms with Gasteiger partial charge in [-0.25, -0.2) is 4.98 Å². The van der Waals surface area contributed by atoms with Crippen molar-refractivity contribution >= 4 is 23.4 Å². The number of hydrogen-bond acceptors (Lipinski definition) is 4. The molecular formula is C8H9ClN2O2. The Labute approximate surface area is 80.9 Å². The Morgan fingerprint density at radius 1 is 1.69 bits per heavy atom. The van der Waals surface area contributed by atoms with Crippen molar-refractivity contribution in [3.8, 4) is 0 Å². The quantitative estimate of drug-likeness (QED) is 0.748. The number of esters is 1. The van der Waals surface area contributed by atoms with Crippen LogP contribution in [0, 0.1) is 0 Å². The van der Waals surface area contributed by atoms with E-state index in [1.807, 2.05) is 0 Å². The second-order valence-electron chi connectivity index (χ2n) is 2.29. The molecule has 70 valence electrons. The van der Waals surface area contributed by atoms with Crippen LogP contribution in [0.2, 0.25) is 5.02 Å². The maximum atomic E-state index is 10.7. The first-order chi connectivity index (χ1) is 6.22. The Morgan fingerprint density at radius 2 is 2.46 bits per heavy atom. The summed E-state index contributed by atoms with van der Waals surface area (Å²) in [4.78, 5) is 14.6. The molecule has 13 heavy (non-hydrogen) atoms. The molecule has 0 radical (unpaired) electrons. The van der Waals surface area contributed by atoms with Gasteiger partial charge < -0.3 is 10.1 Å². The van der Waals surface area contributed by atoms with Crippen LogP contribution < -0.4 is 5.32 Å². The third-order valence-electron chi connectivity index (χ3n) is 1.37. The Bertz CT molecular complexity index is 287. The van der Waals surface area contributed by atoms with E-state index in [0.717, 1.165) is 0 Å². The fourth-order valence-corrected chi connectivity index (χ4v) is 0.827. The minimum Gasteiger partial charge on any atom is -0.468 e. The summed E-state index contributed by atoms with van der Waals surface area (Å²) in [6.45, 7) is 0.102. The highest BCUT2D eigenvalue weighted by atomic mass is 35.5. The molecule has 1 N–H and O–H groups in total. The van der Waals surface area contributed by atoms with Gasteiger partial charge in [0, 0.05) is 6.20 Å². The number of methoxy groups -OCH3 is 1. The van der Waals surface area contributed by atoms with Gasteiger partial charge in [-0.05, 0) is 12.1 Å². The lowest BCUT2D eigenvalue weighted by molar-refractivity contribution is -0.138. The van der Waals surface area contributed by atoms with Gasteiger partial charge in [0.1, 0.15) is 12.4 Å². The predicted octanol–water partition coefficient (Wildman–Crippen LogP) is 1.32. The van der Waals surface area contributed by atoms with E-state index in [1.165, 1.54) is 13.3 Å². The molecule has 1 heterocycles. The minimum absolute atomic E-state index is 0.102. The predicted molar refractivity (Wildman–Crippen MR) is 49.8 cm³/mol. The molecule has 5 heteroatoms. The topological polar surface area (TPSA) is 51.2 Å². The molecule has 0 saturated heterocycles. The molecule has 0 aromatic carbocycles. The van der Waals surface area contributed by atoms with Gasteiger partial charge in [-0.1, -0.05) is 11.6 Å². The summed E-state index contributed by atoms with van der Waals surface area (Å²) >= 11 is 5.62. The van der Waals surface area contributed by atoms with Gasteiger partial charge >= 0.3 is 5.97 Å². The third-order valence-corrected chi connectivity index (χ3v) is 1.59. The van der Waals surface area contributed by atoms with Crippen molar-refractivity contribution in [1.29, 1.82) is 0 Å². The zero-order chi connectivity index (χ0) is 9.68. The number of halogens is 1. The molecule has 0 aliphatic heterocycles. The van der Waals surface area contributed by atoms with Gasteiger partial charge in [-0.2, -0.15) is 0 Å². The SMILES string of the molecule is COC(=O)CNc1ccc(Cl)cn1. The van der Waals surface area contributed by atoms with Gasteiger partial charge in [0.25, 0.3) is 0 Å². The van der Waals surface area contributed by atoms with Crippen LogP contribution in [0.15, 0.2) is 18.3 Å². The van der Waals surface area contributed by atoms with Gasteiger partial charge in [0.05, 0.1) is 12.1 Å². The molecule has 0 fully saturated rings. The average Bonchev–Trinajstić information content (AvgIpc) is 2.16. The number of nitrogens with zero attached hydrogens (tertiary/aromatic N) is 1. The fraction of sp³-hybridized carbons (Fsp3) is 0.250. The lowest BCUT2D eigenvalue weighted by Crippen LogP contribution is -2.15. The number of rotatable bonds is 3. The minimum atomic E-state index is -0.336. The molecule has 0 atom stereocenters. The summed E-state index contributed by atoms with van der Waals surface area (Å²) in [5, 5.41) is 3.34. The molecule has 1 aromatic heterocycles. The number of pyridine rings is 1. The first-order valence-electron chi connectivity index (χ1n) is 3.64. The van der Waals surface area contributed by atoms with Crippen LogP contribution in [-0.4, -0.2) is 24.6 Å². The van der Waals surface area contributed by atoms with E-state index < -0.39 is 0 Å². The maximum absolute atomic E-state index is 10.7. The molecule has 0 spiro atoms. The molecule has 1 rings (SSSR count). The van der Waals surface area contributed by atoms with Crippen molar-refractivity contribution < 1.29 is 9.53 Å². The second-order valence-corrected chi connectivity index (χ2v) is 2.73. The summed E-state index contributed by atoms with van der Waals surface area (Å²) in [6.07, 6.45) is 1.50. The van der Waals surface area contributed by atoms with Crippen LogP contribution in [-0.2, 0) is 9.53 Å². The van der Waals surface area contributed by atoms with Gasteiger partial charge in [-0.15, -0.1) is 0 Å². The molecule has 4 nitrogen and oxygen atoms in total. The van der Waals surface area contributed by atoms with Gasteiger partial charge in [0.15, 0.2) is 0 Å². The van der Waals surface area contributed by atoms with Crippen molar-refractivity contribution in [2.24, 2.45) is 0 Å². The molecule has 0 unspecified atom stereocenters. The van der Waals surface area contributed by atoms with Crippen LogP contribution in [0.4, 0.5) is 5.82 Å². The van der Waals surface area contributed by atoms with Gasteiger partial charge in [-0.3, -0.25) is 4.79 Å². The van der Waals surface area contributed by atoms with Crippen LogP contribution >= 0.6 is 11.6 Å². The summed E-state index contributed by atoms with van der Waals surface area (Å²) in [6, 6.07) is 3.37. The van der Waals surface area contributed by atoms with Crippen molar-refractivity contribution in [3.05, 3.63) is 23.4 Å². The highest BCUT2D eigenvalue weighted by Crippen LogP contribution is 2.08. The number of carbonyl (C=O) groups is 1. The zero-order valence-electron chi connectivity index (χ0n) is 7.08. The number of anilines is 1. The normalized spacial score (nSPS) is 9.38. The largest absolute Gasteiger partial charge is 0.468 e. The highest BCUT2D eigenvalue weighted by Gasteiger charge is 1.99. The highest BCUT2D eigenvalue weighted by molar-refractivity contribution is 6.30. The number of carbonyl (C=O) groups excluding carboxylic acids is 1. The summed E-state index contributed by atoms with van der Waals surface area (Å²) in [7, 11) is 1.33. The first kappa shape index (κ1) is 9.80. The van der Waals surface area contributed by atoms with Crippen LogP contribution in [0.1, 0.15) is 0 Å². The molecule has 0 aliphatic rings. The molecule has 0 bridgehead atoms. The number of hydrogen-bond donors (Lipinski definition) is 1. The van der Waals surface area contributed by atoms with Crippen molar-refractivity contribution in [1.82, 2.24) is 4.98 Å². The zero-order valence-corrected chi connectivity index (χ0v) is 7.84. The monoisotopic (exact) mass is 200 g/mol. The van der Waals surface area contributed by atoms with E-state index in [-0.39, 0.29) is 12.5 Å². The molecule has 0 amide bonds. The lowest BCUT2D eigenvalue weighted by atomic mass is 10.4. The summed E-state index contributed by atoms with van der Waals surface area (Å²) in [5.74, 6) is 0.256. The van der Waals surface area contributed by atoms with Crippen LogP contribution in [0.25, 0.3) is 0 Å². The van der Waals surface area contributed by atoms with E-state index in [9.17, 15) is 4.79 Å². The van der Waals surface area contributed by atoms with Crippen LogP contribution in [0.5, 0.6) is 0 Å². The summed E-state index contributed by atoms with van der Waals surface area (Å²) < 4.78 is 4.44. The van der Waals surface area contributed by atoms with E-state index in [2.05, 4.69) is 15.0 Å². The van der Waals surface area contributed by atoms with Crippen molar-refractivity contribution in [3.63, 3.8) is 0 Å². The third kappa shape index (κ3) is 3.29. The Kier molecular flexibility index (Phi) is 3.52. The maximum Gasteiger partial charge on any atom is 0.325 e. The Balaban J connectivity index is 2.46. The van der Waals surface area contributed by atoms with Crippen molar-refractivity contribution in [2.75, 3.05) is 19.0 Å². The van der Waals surface area contributed by atoms with E-state index in [1.54, 1.807) is 12.1 Å². The lowest BCUT2D eigenvalue weighted by Gasteiger charge is -2.02. The van der Waals surface area contributed by atoms with Crippen molar-refractivity contribution in [2.45, 2.75) is 0 Å². The molecule has 1 aromatic rings. The Hall–Kier alpha value is -1.29. The smallest absolute Gasteiger partial charge is 0.325 e. The first-order valence-corrected chi connectivity index (χ1v) is 4.02. The average molecular weight is 201 g/mol. The van der Waals surface area contributed by atoms with E-state index in [0.29, 0.717) is 10.8 Å². The number of nitrogens with one attached hydrogen (secondary N) is 1.